The number of hydrogen-bond donors (Lipinski definition) is 2. The van der Waals surface area contributed by atoms with Crippen LogP contribution in [0.1, 0.15) is 56.5 Å². The van der Waals surface area contributed by atoms with Crippen LogP contribution >= 0.6 is 23.6 Å². The minimum absolute atomic E-state index is 0.00683. The third-order valence-electron chi connectivity index (χ3n) is 4.77. The summed E-state index contributed by atoms with van der Waals surface area (Å²) in [6.45, 7) is 3.60. The van der Waals surface area contributed by atoms with Crippen LogP contribution in [0.5, 0.6) is 0 Å². The number of nitrogens with zero attached hydrogens (tertiary/aromatic N) is 1. The number of thiophene rings is 1. The molecule has 0 radical (unpaired) electrons. The number of esters is 1. The Morgan fingerprint density at radius 3 is 2.73 bits per heavy atom. The molecule has 30 heavy (non-hydrogen) atoms. The van der Waals surface area contributed by atoms with Crippen LogP contribution in [-0.2, 0) is 17.6 Å². The smallest absolute Gasteiger partial charge is 0.341 e. The number of benzene rings is 1. The third-order valence-corrected chi connectivity index (χ3v) is 6.18. The number of amides is 1. The summed E-state index contributed by atoms with van der Waals surface area (Å²) in [5, 5.41) is 17.1. The molecule has 0 saturated heterocycles. The summed E-state index contributed by atoms with van der Waals surface area (Å²) < 4.78 is 5.21. The Bertz CT molecular complexity index is 1030. The van der Waals surface area contributed by atoms with Crippen molar-refractivity contribution in [3.05, 3.63) is 55.4 Å². The van der Waals surface area contributed by atoms with Crippen molar-refractivity contribution in [1.29, 1.82) is 0 Å². The summed E-state index contributed by atoms with van der Waals surface area (Å²) in [5.41, 5.74) is 1.89. The van der Waals surface area contributed by atoms with Crippen LogP contribution in [-0.4, -0.2) is 28.5 Å². The van der Waals surface area contributed by atoms with Gasteiger partial charge in [0.2, 0.25) is 0 Å². The van der Waals surface area contributed by atoms with Gasteiger partial charge in [-0.05, 0) is 63.4 Å². The number of aryl methyl sites for hydroxylation is 2. The maximum Gasteiger partial charge on any atom is 0.341 e. The van der Waals surface area contributed by atoms with Crippen molar-refractivity contribution in [2.45, 2.75) is 39.5 Å². The maximum atomic E-state index is 12.5. The highest BCUT2D eigenvalue weighted by Gasteiger charge is 2.27. The average molecular weight is 448 g/mol. The molecule has 0 saturated carbocycles. The fraction of sp³-hybridized carbons (Fsp3) is 0.350. The molecule has 1 aliphatic carbocycles. The van der Waals surface area contributed by atoms with Crippen molar-refractivity contribution < 1.29 is 19.2 Å². The molecule has 10 heteroatoms. The van der Waals surface area contributed by atoms with Gasteiger partial charge in [0.15, 0.2) is 5.11 Å². The molecule has 0 unspecified atom stereocenters. The zero-order valence-electron chi connectivity index (χ0n) is 16.6. The number of hydrogen-bond acceptors (Lipinski definition) is 7. The molecule has 1 aromatic heterocycles. The predicted molar refractivity (Wildman–Crippen MR) is 118 cm³/mol. The van der Waals surface area contributed by atoms with E-state index in [2.05, 4.69) is 10.6 Å². The summed E-state index contributed by atoms with van der Waals surface area (Å²) in [7, 11) is 0. The first kappa shape index (κ1) is 21.8. The molecule has 0 aliphatic heterocycles. The topological polar surface area (TPSA) is 111 Å². The number of nitro groups is 1. The lowest BCUT2D eigenvalue weighted by atomic mass is 9.95. The molecule has 1 aromatic carbocycles. The number of carbonyl (C=O) groups excluding carboxylic acids is 2. The number of rotatable bonds is 5. The second kappa shape index (κ2) is 9.31. The van der Waals surface area contributed by atoms with Gasteiger partial charge in [-0.3, -0.25) is 20.2 Å². The van der Waals surface area contributed by atoms with Crippen LogP contribution in [0.4, 0.5) is 10.7 Å². The highest BCUT2D eigenvalue weighted by atomic mass is 32.1. The van der Waals surface area contributed by atoms with Crippen LogP contribution in [0.15, 0.2) is 18.2 Å². The molecule has 1 amide bonds. The Hall–Kier alpha value is -2.85. The Balaban J connectivity index is 1.79. The van der Waals surface area contributed by atoms with E-state index in [0.717, 1.165) is 36.1 Å². The molecule has 0 atom stereocenters. The van der Waals surface area contributed by atoms with Crippen molar-refractivity contribution in [2.24, 2.45) is 0 Å². The predicted octanol–water partition coefficient (Wildman–Crippen LogP) is 4.15. The van der Waals surface area contributed by atoms with Crippen LogP contribution in [0.2, 0.25) is 0 Å². The van der Waals surface area contributed by atoms with Crippen LogP contribution in [0.3, 0.4) is 0 Å². The molecule has 3 rings (SSSR count). The first-order valence-corrected chi connectivity index (χ1v) is 10.7. The van der Waals surface area contributed by atoms with E-state index in [1.54, 1.807) is 13.8 Å². The van der Waals surface area contributed by atoms with Gasteiger partial charge < -0.3 is 10.1 Å². The van der Waals surface area contributed by atoms with Gasteiger partial charge >= 0.3 is 5.97 Å². The number of nitrogens with one attached hydrogen (secondary N) is 2. The number of ether oxygens (including phenoxy) is 1. The van der Waals surface area contributed by atoms with Crippen LogP contribution < -0.4 is 10.6 Å². The van der Waals surface area contributed by atoms with E-state index in [9.17, 15) is 19.7 Å². The monoisotopic (exact) mass is 447 g/mol. The minimum Gasteiger partial charge on any atom is -0.462 e. The van der Waals surface area contributed by atoms with Crippen molar-refractivity contribution in [3.63, 3.8) is 0 Å². The number of carbonyl (C=O) groups is 2. The summed E-state index contributed by atoms with van der Waals surface area (Å²) in [6, 6.07) is 4.21. The quantitative estimate of drug-likeness (QED) is 0.307. The second-order valence-electron chi connectivity index (χ2n) is 6.80. The zero-order valence-corrected chi connectivity index (χ0v) is 18.2. The Kier molecular flexibility index (Phi) is 6.78. The fourth-order valence-electron chi connectivity index (χ4n) is 3.33. The molecule has 8 nitrogen and oxygen atoms in total. The standard InChI is InChI=1S/C20H21N3O5S2/c1-3-28-19(25)16-13-6-4-5-7-15(13)30-18(16)22-20(29)21-17(24)12-9-8-11(2)14(10-12)23(26)27/h8-10H,3-7H2,1-2H3,(H2,21,22,24,29). The van der Waals surface area contributed by atoms with Gasteiger partial charge in [0.05, 0.1) is 17.1 Å². The SMILES string of the molecule is CCOC(=O)c1c(NC(=S)NC(=O)c2ccc(C)c([N+](=O)[O-])c2)sc2c1CCCC2. The Labute approximate surface area is 182 Å². The number of nitro benzene ring substituents is 1. The van der Waals surface area contributed by atoms with Gasteiger partial charge in [0.25, 0.3) is 11.6 Å². The van der Waals surface area contributed by atoms with Crippen molar-refractivity contribution >= 4 is 51.2 Å². The summed E-state index contributed by atoms with van der Waals surface area (Å²) in [5.74, 6) is -0.989. The van der Waals surface area contributed by atoms with Crippen LogP contribution in [0.25, 0.3) is 0 Å². The van der Waals surface area contributed by atoms with Gasteiger partial charge in [0, 0.05) is 22.1 Å². The highest BCUT2D eigenvalue weighted by molar-refractivity contribution is 7.80. The van der Waals surface area contributed by atoms with Gasteiger partial charge in [-0.2, -0.15) is 0 Å². The molecular formula is C20H21N3O5S2. The molecule has 1 aliphatic rings. The van der Waals surface area contributed by atoms with E-state index >= 15 is 0 Å². The number of anilines is 1. The largest absolute Gasteiger partial charge is 0.462 e. The zero-order chi connectivity index (χ0) is 21.8. The van der Waals surface area contributed by atoms with E-state index in [0.29, 0.717) is 16.1 Å². The van der Waals surface area contributed by atoms with Crippen LogP contribution in [0, 0.1) is 17.0 Å². The first-order valence-electron chi connectivity index (χ1n) is 9.50. The van der Waals surface area contributed by atoms with Crippen molar-refractivity contribution in [3.8, 4) is 0 Å². The number of fused-ring (bicyclic) bond motifs is 1. The van der Waals surface area contributed by atoms with E-state index < -0.39 is 16.8 Å². The average Bonchev–Trinajstić information content (AvgIpc) is 3.05. The van der Waals surface area contributed by atoms with E-state index in [1.807, 2.05) is 0 Å². The Morgan fingerprint density at radius 1 is 1.30 bits per heavy atom. The molecule has 158 valence electrons. The molecule has 2 aromatic rings. The second-order valence-corrected chi connectivity index (χ2v) is 8.32. The summed E-state index contributed by atoms with van der Waals surface area (Å²) in [4.78, 5) is 36.7. The van der Waals surface area contributed by atoms with Crippen molar-refractivity contribution in [2.75, 3.05) is 11.9 Å². The highest BCUT2D eigenvalue weighted by Crippen LogP contribution is 2.38. The van der Waals surface area contributed by atoms with Gasteiger partial charge in [-0.25, -0.2) is 4.79 Å². The number of thiocarbonyl (C=S) groups is 1. The molecule has 0 bridgehead atoms. The lowest BCUT2D eigenvalue weighted by molar-refractivity contribution is -0.385. The maximum absolute atomic E-state index is 12.5. The fourth-order valence-corrected chi connectivity index (χ4v) is 4.87. The lowest BCUT2D eigenvalue weighted by Gasteiger charge is -2.13. The van der Waals surface area contributed by atoms with Gasteiger partial charge in [-0.15, -0.1) is 11.3 Å². The Morgan fingerprint density at radius 2 is 2.03 bits per heavy atom. The summed E-state index contributed by atoms with van der Waals surface area (Å²) in [6.07, 6.45) is 3.75. The lowest BCUT2D eigenvalue weighted by Crippen LogP contribution is -2.34. The van der Waals surface area contributed by atoms with E-state index in [4.69, 9.17) is 17.0 Å². The van der Waals surface area contributed by atoms with E-state index in [-0.39, 0.29) is 23.0 Å². The minimum atomic E-state index is -0.574. The summed E-state index contributed by atoms with van der Waals surface area (Å²) >= 11 is 6.69. The molecular weight excluding hydrogens is 426 g/mol. The van der Waals surface area contributed by atoms with Crippen molar-refractivity contribution in [1.82, 2.24) is 5.32 Å². The molecule has 2 N–H and O–H groups in total. The van der Waals surface area contributed by atoms with Gasteiger partial charge in [0.1, 0.15) is 5.00 Å². The molecule has 0 fully saturated rings. The third kappa shape index (κ3) is 4.65. The van der Waals surface area contributed by atoms with E-state index in [1.165, 1.54) is 29.5 Å². The molecule has 0 spiro atoms. The first-order chi connectivity index (χ1) is 14.3. The van der Waals surface area contributed by atoms with Gasteiger partial charge in [-0.1, -0.05) is 6.07 Å². The molecule has 1 heterocycles. The normalized spacial score (nSPS) is 12.6.